The average Bonchev–Trinajstić information content (AvgIpc) is 3.22. The summed E-state index contributed by atoms with van der Waals surface area (Å²) in [6.45, 7) is 1.71. The molecule has 2 amide bonds. The molecule has 2 aromatic heterocycles. The number of pyridine rings is 1. The minimum atomic E-state index is -0.250. The average molecular weight is 461 g/mol. The molecule has 3 heterocycles. The Hall–Kier alpha value is -3.40. The van der Waals surface area contributed by atoms with Gasteiger partial charge in [0, 0.05) is 44.4 Å². The van der Waals surface area contributed by atoms with E-state index in [1.54, 1.807) is 24.6 Å². The fourth-order valence-corrected chi connectivity index (χ4v) is 3.84. The van der Waals surface area contributed by atoms with Crippen LogP contribution in [0.1, 0.15) is 25.0 Å². The van der Waals surface area contributed by atoms with Crippen LogP contribution in [0.2, 0.25) is 0 Å². The van der Waals surface area contributed by atoms with Gasteiger partial charge in [0.15, 0.2) is 0 Å². The minimum absolute atomic E-state index is 0.000525. The van der Waals surface area contributed by atoms with Crippen LogP contribution in [0.3, 0.4) is 0 Å². The minimum Gasteiger partial charge on any atom is -0.483 e. The van der Waals surface area contributed by atoms with Crippen LogP contribution in [0.5, 0.6) is 0 Å². The number of hydrogen-bond donors (Lipinski definition) is 3. The van der Waals surface area contributed by atoms with Gasteiger partial charge in [-0.15, -0.1) is 0 Å². The summed E-state index contributed by atoms with van der Waals surface area (Å²) in [4.78, 5) is 47.2. The fourth-order valence-electron chi connectivity index (χ4n) is 3.84. The number of rotatable bonds is 8. The van der Waals surface area contributed by atoms with Crippen LogP contribution in [0.15, 0.2) is 52.0 Å². The summed E-state index contributed by atoms with van der Waals surface area (Å²) in [5.74, 6) is 0.693. The van der Waals surface area contributed by atoms with Crippen molar-refractivity contribution in [2.75, 3.05) is 26.7 Å². The van der Waals surface area contributed by atoms with E-state index in [-0.39, 0.29) is 42.4 Å². The van der Waals surface area contributed by atoms with E-state index in [1.807, 2.05) is 19.2 Å². The predicted octanol–water partition coefficient (Wildman–Crippen LogP) is 0.718. The highest BCUT2D eigenvalue weighted by atomic mass is 16.3. The Morgan fingerprint density at radius 2 is 2.00 bits per heavy atom. The van der Waals surface area contributed by atoms with Crippen molar-refractivity contribution in [2.45, 2.75) is 38.3 Å². The van der Waals surface area contributed by atoms with Gasteiger partial charge in [0.05, 0.1) is 12.2 Å². The molecule has 180 valence electrons. The van der Waals surface area contributed by atoms with Crippen LogP contribution >= 0.6 is 0 Å². The lowest BCUT2D eigenvalue weighted by Gasteiger charge is -2.22. The molecule has 0 bridgehead atoms. The zero-order valence-corrected chi connectivity index (χ0v) is 18.8. The molecule has 1 aliphatic rings. The molecule has 2 aromatic rings. The molecule has 1 aliphatic heterocycles. The van der Waals surface area contributed by atoms with E-state index in [2.05, 4.69) is 15.5 Å². The molecular formula is C23H32N4O6. The lowest BCUT2D eigenvalue weighted by Crippen LogP contribution is -2.43. The maximum Gasteiger partial charge on any atom is 0.290 e. The smallest absolute Gasteiger partial charge is 0.290 e. The van der Waals surface area contributed by atoms with Crippen LogP contribution in [-0.4, -0.2) is 65.6 Å². The van der Waals surface area contributed by atoms with Crippen molar-refractivity contribution < 1.29 is 23.9 Å². The molecule has 0 saturated carbocycles. The maximum atomic E-state index is 12.6. The van der Waals surface area contributed by atoms with E-state index >= 15 is 0 Å². The number of carboxylic acid groups (broad SMARTS) is 1. The molecule has 0 aromatic carbocycles. The van der Waals surface area contributed by atoms with Gasteiger partial charge in [-0.3, -0.25) is 19.2 Å². The van der Waals surface area contributed by atoms with Gasteiger partial charge in [-0.1, -0.05) is 6.07 Å². The van der Waals surface area contributed by atoms with Crippen molar-refractivity contribution in [1.29, 1.82) is 0 Å². The molecule has 0 aliphatic carbocycles. The highest BCUT2D eigenvalue weighted by Crippen LogP contribution is 2.16. The number of carbonyl (C=O) groups is 3. The number of aromatic nitrogens is 1. The molecule has 10 heteroatoms. The largest absolute Gasteiger partial charge is 0.483 e. The standard InChI is InChI=1S/C22H30N4O4.CH2O2/c1-25-14-17(22(29)23-11-4-6-19-7-5-13-30-19)9-10-18(15-25)24-20(27)16-26-12-3-2-8-21(26)28;2-1-3/h2-3,5,7-8,12-13,17-18H,4,6,9-11,14-16H2,1H3,(H,23,29)(H,24,27);1H,(H,2,3)/t17-,18+;/m1./s1. The van der Waals surface area contributed by atoms with Gasteiger partial charge in [-0.05, 0) is 44.5 Å². The van der Waals surface area contributed by atoms with E-state index in [0.717, 1.165) is 25.0 Å². The third kappa shape index (κ3) is 9.32. The number of amides is 2. The van der Waals surface area contributed by atoms with Gasteiger partial charge in [-0.2, -0.15) is 0 Å². The van der Waals surface area contributed by atoms with Crippen LogP contribution in [0.4, 0.5) is 0 Å². The first-order valence-corrected chi connectivity index (χ1v) is 10.9. The third-order valence-corrected chi connectivity index (χ3v) is 5.36. The van der Waals surface area contributed by atoms with Crippen molar-refractivity contribution in [2.24, 2.45) is 5.92 Å². The van der Waals surface area contributed by atoms with Crippen molar-refractivity contribution in [3.8, 4) is 0 Å². The number of nitrogens with one attached hydrogen (secondary N) is 2. The lowest BCUT2D eigenvalue weighted by atomic mass is 10.0. The molecule has 2 atom stereocenters. The van der Waals surface area contributed by atoms with Crippen molar-refractivity contribution in [3.05, 3.63) is 58.9 Å². The topological polar surface area (TPSA) is 134 Å². The molecule has 1 saturated heterocycles. The summed E-state index contributed by atoms with van der Waals surface area (Å²) in [7, 11) is 1.96. The molecule has 3 rings (SSSR count). The van der Waals surface area contributed by atoms with Gasteiger partial charge in [-0.25, -0.2) is 0 Å². The highest BCUT2D eigenvalue weighted by molar-refractivity contribution is 5.79. The number of hydrogen-bond acceptors (Lipinski definition) is 6. The number of carbonyl (C=O) groups excluding carboxylic acids is 2. The Kier molecular flexibility index (Phi) is 10.9. The summed E-state index contributed by atoms with van der Waals surface area (Å²) in [5.41, 5.74) is -0.200. The summed E-state index contributed by atoms with van der Waals surface area (Å²) in [6, 6.07) is 8.57. The van der Waals surface area contributed by atoms with Crippen molar-refractivity contribution in [1.82, 2.24) is 20.1 Å². The molecule has 0 unspecified atom stereocenters. The van der Waals surface area contributed by atoms with Crippen LogP contribution < -0.4 is 16.2 Å². The second kappa shape index (κ2) is 13.9. The Labute approximate surface area is 192 Å². The van der Waals surface area contributed by atoms with Crippen molar-refractivity contribution >= 4 is 18.3 Å². The second-order valence-electron chi connectivity index (χ2n) is 8.01. The second-order valence-corrected chi connectivity index (χ2v) is 8.01. The summed E-state index contributed by atoms with van der Waals surface area (Å²) in [6.07, 6.45) is 6.33. The lowest BCUT2D eigenvalue weighted by molar-refractivity contribution is -0.125. The van der Waals surface area contributed by atoms with Gasteiger partial charge >= 0.3 is 0 Å². The van der Waals surface area contributed by atoms with Crippen LogP contribution in [0.25, 0.3) is 0 Å². The van der Waals surface area contributed by atoms with Crippen LogP contribution in [0, 0.1) is 5.92 Å². The normalized spacial score (nSPS) is 18.3. The Balaban J connectivity index is 0.00000122. The third-order valence-electron chi connectivity index (χ3n) is 5.36. The number of aryl methyl sites for hydroxylation is 1. The zero-order valence-electron chi connectivity index (χ0n) is 18.8. The number of likely N-dealkylation sites (N-methyl/N-ethyl adjacent to an activating group) is 1. The summed E-state index contributed by atoms with van der Waals surface area (Å²) in [5, 5.41) is 12.9. The van der Waals surface area contributed by atoms with Gasteiger partial charge < -0.3 is 29.6 Å². The van der Waals surface area contributed by atoms with E-state index in [4.69, 9.17) is 14.3 Å². The molecule has 0 spiro atoms. The van der Waals surface area contributed by atoms with E-state index in [0.29, 0.717) is 26.1 Å². The number of furan rings is 1. The van der Waals surface area contributed by atoms with Crippen LogP contribution in [-0.2, 0) is 27.3 Å². The summed E-state index contributed by atoms with van der Waals surface area (Å²) < 4.78 is 6.69. The highest BCUT2D eigenvalue weighted by Gasteiger charge is 2.27. The Bertz CT molecular complexity index is 927. The number of likely N-dealkylation sites (tertiary alicyclic amines) is 1. The molecule has 0 radical (unpaired) electrons. The van der Waals surface area contributed by atoms with Crippen molar-refractivity contribution in [3.63, 3.8) is 0 Å². The Morgan fingerprint density at radius 3 is 2.70 bits per heavy atom. The quantitative estimate of drug-likeness (QED) is 0.390. The maximum absolute atomic E-state index is 12.6. The SMILES string of the molecule is CN1C[C@@H](NC(=O)Cn2ccccc2=O)CC[C@@H](C(=O)NCCCc2ccco2)C1.O=CO. The molecule has 10 nitrogen and oxygen atoms in total. The molecular weight excluding hydrogens is 428 g/mol. The van der Waals surface area contributed by atoms with Gasteiger partial charge in [0.25, 0.3) is 12.0 Å². The van der Waals surface area contributed by atoms with Gasteiger partial charge in [0.1, 0.15) is 12.3 Å². The first-order valence-electron chi connectivity index (χ1n) is 10.9. The van der Waals surface area contributed by atoms with E-state index < -0.39 is 0 Å². The van der Waals surface area contributed by atoms with E-state index in [9.17, 15) is 14.4 Å². The number of nitrogens with zero attached hydrogens (tertiary/aromatic N) is 2. The van der Waals surface area contributed by atoms with Gasteiger partial charge in [0.2, 0.25) is 11.8 Å². The molecule has 3 N–H and O–H groups in total. The Morgan fingerprint density at radius 1 is 1.21 bits per heavy atom. The first kappa shape index (κ1) is 25.9. The molecule has 1 fully saturated rings. The first-order chi connectivity index (χ1) is 15.9. The molecule has 33 heavy (non-hydrogen) atoms. The van der Waals surface area contributed by atoms with E-state index in [1.165, 1.54) is 10.6 Å². The monoisotopic (exact) mass is 460 g/mol. The zero-order chi connectivity index (χ0) is 24.1. The summed E-state index contributed by atoms with van der Waals surface area (Å²) >= 11 is 0. The predicted molar refractivity (Wildman–Crippen MR) is 122 cm³/mol. The fraction of sp³-hybridized carbons (Fsp3) is 0.478.